The van der Waals surface area contributed by atoms with Crippen LogP contribution in [0.5, 0.6) is 0 Å². The standard InChI is InChI=1S/C18H26N2O3/c1-3-23-18(22)19(2)14-8-10-20(11-9-14)16-12-13-6-4-5-7-15(13)17(16)21/h4-7,14,16-17,21H,3,8-12H2,1-2H3/t16-,17-/m1/s1. The van der Waals surface area contributed by atoms with Gasteiger partial charge in [0.2, 0.25) is 0 Å². The minimum Gasteiger partial charge on any atom is -0.450 e. The second-order valence-electron chi connectivity index (χ2n) is 6.49. The third-order valence-electron chi connectivity index (χ3n) is 5.24. The van der Waals surface area contributed by atoms with E-state index < -0.39 is 6.10 Å². The predicted molar refractivity (Wildman–Crippen MR) is 88.3 cm³/mol. The zero-order valence-corrected chi connectivity index (χ0v) is 13.9. The molecule has 3 rings (SSSR count). The van der Waals surface area contributed by atoms with Gasteiger partial charge < -0.3 is 14.7 Å². The monoisotopic (exact) mass is 318 g/mol. The average molecular weight is 318 g/mol. The van der Waals surface area contributed by atoms with Crippen molar-refractivity contribution in [3.8, 4) is 0 Å². The van der Waals surface area contributed by atoms with Gasteiger partial charge in [-0.05, 0) is 37.3 Å². The highest BCUT2D eigenvalue weighted by Gasteiger charge is 2.37. The molecule has 0 aromatic heterocycles. The third kappa shape index (κ3) is 3.21. The van der Waals surface area contributed by atoms with E-state index in [2.05, 4.69) is 11.0 Å². The van der Waals surface area contributed by atoms with Crippen LogP contribution in [0.25, 0.3) is 0 Å². The molecule has 1 saturated heterocycles. The van der Waals surface area contributed by atoms with Gasteiger partial charge in [0, 0.05) is 32.2 Å². The molecule has 2 atom stereocenters. The number of ether oxygens (including phenoxy) is 1. The lowest BCUT2D eigenvalue weighted by atomic mass is 10.0. The number of nitrogens with zero attached hydrogens (tertiary/aromatic N) is 2. The van der Waals surface area contributed by atoms with E-state index in [0.717, 1.165) is 37.9 Å². The second kappa shape index (κ2) is 6.89. The van der Waals surface area contributed by atoms with Crippen LogP contribution in [0.4, 0.5) is 4.79 Å². The Labute approximate surface area is 137 Å². The number of fused-ring (bicyclic) bond motifs is 1. The fraction of sp³-hybridized carbons (Fsp3) is 0.611. The maximum Gasteiger partial charge on any atom is 0.409 e. The highest BCUT2D eigenvalue weighted by molar-refractivity contribution is 5.67. The van der Waals surface area contributed by atoms with Crippen molar-refractivity contribution in [2.75, 3.05) is 26.7 Å². The van der Waals surface area contributed by atoms with Crippen molar-refractivity contribution in [1.82, 2.24) is 9.80 Å². The summed E-state index contributed by atoms with van der Waals surface area (Å²) in [7, 11) is 1.82. The topological polar surface area (TPSA) is 53.0 Å². The van der Waals surface area contributed by atoms with Crippen LogP contribution in [0.3, 0.4) is 0 Å². The van der Waals surface area contributed by atoms with Crippen molar-refractivity contribution in [3.63, 3.8) is 0 Å². The van der Waals surface area contributed by atoms with Crippen LogP contribution in [0, 0.1) is 0 Å². The summed E-state index contributed by atoms with van der Waals surface area (Å²) in [6, 6.07) is 8.56. The molecule has 1 aliphatic heterocycles. The second-order valence-corrected chi connectivity index (χ2v) is 6.49. The fourth-order valence-electron chi connectivity index (χ4n) is 3.86. The zero-order chi connectivity index (χ0) is 16.4. The Morgan fingerprint density at radius 3 is 2.70 bits per heavy atom. The number of aliphatic hydroxyl groups excluding tert-OH is 1. The van der Waals surface area contributed by atoms with Crippen molar-refractivity contribution in [2.45, 2.75) is 44.4 Å². The van der Waals surface area contributed by atoms with Crippen LogP contribution in [-0.4, -0.2) is 59.8 Å². The van der Waals surface area contributed by atoms with E-state index in [4.69, 9.17) is 4.74 Å². The Balaban J connectivity index is 1.57. The molecule has 0 unspecified atom stereocenters. The number of carbonyl (C=O) groups is 1. The fourth-order valence-corrected chi connectivity index (χ4v) is 3.86. The zero-order valence-electron chi connectivity index (χ0n) is 13.9. The quantitative estimate of drug-likeness (QED) is 0.928. The first-order valence-electron chi connectivity index (χ1n) is 8.51. The molecule has 1 amide bonds. The molecule has 1 aromatic carbocycles. The molecule has 1 aliphatic carbocycles. The Morgan fingerprint density at radius 2 is 2.04 bits per heavy atom. The first-order valence-corrected chi connectivity index (χ1v) is 8.51. The number of rotatable bonds is 3. The first kappa shape index (κ1) is 16.3. The van der Waals surface area contributed by atoms with Gasteiger partial charge in [-0.3, -0.25) is 4.90 Å². The van der Waals surface area contributed by atoms with Gasteiger partial charge in [-0.2, -0.15) is 0 Å². The Bertz CT molecular complexity index is 555. The van der Waals surface area contributed by atoms with Crippen LogP contribution in [0.2, 0.25) is 0 Å². The van der Waals surface area contributed by atoms with Crippen molar-refractivity contribution in [3.05, 3.63) is 35.4 Å². The molecule has 1 aromatic rings. The number of benzene rings is 1. The maximum absolute atomic E-state index is 11.8. The number of hydrogen-bond acceptors (Lipinski definition) is 4. The van der Waals surface area contributed by atoms with Crippen molar-refractivity contribution in [2.24, 2.45) is 0 Å². The van der Waals surface area contributed by atoms with Gasteiger partial charge in [-0.15, -0.1) is 0 Å². The van der Waals surface area contributed by atoms with Crippen molar-refractivity contribution >= 4 is 6.09 Å². The molecule has 0 spiro atoms. The summed E-state index contributed by atoms with van der Waals surface area (Å²) < 4.78 is 5.08. The minimum atomic E-state index is -0.398. The number of likely N-dealkylation sites (tertiary alicyclic amines) is 1. The molecule has 0 radical (unpaired) electrons. The molecule has 2 aliphatic rings. The first-order chi connectivity index (χ1) is 11.1. The lowest BCUT2D eigenvalue weighted by molar-refractivity contribution is 0.0276. The van der Waals surface area contributed by atoms with E-state index in [1.807, 2.05) is 32.2 Å². The Hall–Kier alpha value is -1.59. The van der Waals surface area contributed by atoms with Crippen LogP contribution >= 0.6 is 0 Å². The summed E-state index contributed by atoms with van der Waals surface area (Å²) in [6.45, 7) is 4.05. The summed E-state index contributed by atoms with van der Waals surface area (Å²) in [4.78, 5) is 15.9. The van der Waals surface area contributed by atoms with E-state index in [1.54, 1.807) is 4.90 Å². The van der Waals surface area contributed by atoms with Crippen LogP contribution in [0.1, 0.15) is 37.0 Å². The molecule has 5 nitrogen and oxygen atoms in total. The number of aliphatic hydroxyl groups is 1. The lowest BCUT2D eigenvalue weighted by Gasteiger charge is -2.39. The smallest absolute Gasteiger partial charge is 0.409 e. The van der Waals surface area contributed by atoms with Gasteiger partial charge in [0.25, 0.3) is 0 Å². The van der Waals surface area contributed by atoms with E-state index in [0.29, 0.717) is 6.61 Å². The number of hydrogen-bond donors (Lipinski definition) is 1. The number of piperidine rings is 1. The summed E-state index contributed by atoms with van der Waals surface area (Å²) in [6.07, 6.45) is 2.13. The summed E-state index contributed by atoms with van der Waals surface area (Å²) >= 11 is 0. The normalized spacial score (nSPS) is 25.2. The number of carbonyl (C=O) groups excluding carboxylic acids is 1. The molecule has 0 bridgehead atoms. The highest BCUT2D eigenvalue weighted by Crippen LogP contribution is 2.35. The van der Waals surface area contributed by atoms with Crippen LogP contribution < -0.4 is 0 Å². The van der Waals surface area contributed by atoms with Crippen molar-refractivity contribution < 1.29 is 14.6 Å². The highest BCUT2D eigenvalue weighted by atomic mass is 16.6. The van der Waals surface area contributed by atoms with Gasteiger partial charge in [0.1, 0.15) is 0 Å². The van der Waals surface area contributed by atoms with Gasteiger partial charge >= 0.3 is 6.09 Å². The molecule has 0 saturated carbocycles. The van der Waals surface area contributed by atoms with E-state index in [9.17, 15) is 9.90 Å². The summed E-state index contributed by atoms with van der Waals surface area (Å²) in [5.74, 6) is 0. The van der Waals surface area contributed by atoms with Crippen LogP contribution in [0.15, 0.2) is 24.3 Å². The largest absolute Gasteiger partial charge is 0.450 e. The molecule has 1 heterocycles. The molecule has 5 heteroatoms. The minimum absolute atomic E-state index is 0.168. The van der Waals surface area contributed by atoms with Crippen molar-refractivity contribution in [1.29, 1.82) is 0 Å². The maximum atomic E-state index is 11.8. The van der Waals surface area contributed by atoms with Gasteiger partial charge in [0.05, 0.1) is 12.7 Å². The average Bonchev–Trinajstić information content (AvgIpc) is 2.92. The molecule has 126 valence electrons. The summed E-state index contributed by atoms with van der Waals surface area (Å²) in [5, 5.41) is 10.6. The molecular formula is C18H26N2O3. The third-order valence-corrected chi connectivity index (χ3v) is 5.24. The lowest BCUT2D eigenvalue weighted by Crippen LogP contribution is -2.49. The van der Waals surface area contributed by atoms with Gasteiger partial charge in [0.15, 0.2) is 0 Å². The Kier molecular flexibility index (Phi) is 4.87. The number of amides is 1. The molecule has 1 N–H and O–H groups in total. The van der Waals surface area contributed by atoms with E-state index in [-0.39, 0.29) is 18.2 Å². The predicted octanol–water partition coefficient (Wildman–Crippen LogP) is 2.20. The van der Waals surface area contributed by atoms with Gasteiger partial charge in [-0.1, -0.05) is 24.3 Å². The molecular weight excluding hydrogens is 292 g/mol. The SMILES string of the molecule is CCOC(=O)N(C)C1CCN([C@@H]2Cc3ccccc3[C@H]2O)CC1. The van der Waals surface area contributed by atoms with E-state index in [1.165, 1.54) is 5.56 Å². The molecule has 1 fully saturated rings. The summed E-state index contributed by atoms with van der Waals surface area (Å²) in [5.41, 5.74) is 2.33. The van der Waals surface area contributed by atoms with E-state index >= 15 is 0 Å². The van der Waals surface area contributed by atoms with Gasteiger partial charge in [-0.25, -0.2) is 4.79 Å². The molecule has 23 heavy (non-hydrogen) atoms. The van der Waals surface area contributed by atoms with Crippen LogP contribution in [-0.2, 0) is 11.2 Å². The Morgan fingerprint density at radius 1 is 1.35 bits per heavy atom.